The third-order valence-electron chi connectivity index (χ3n) is 20.1. The van der Waals surface area contributed by atoms with Crippen molar-refractivity contribution in [1.29, 1.82) is 0 Å². The number of ether oxygens (including phenoxy) is 1. The molecular weight excluding hydrogens is 1590 g/mol. The summed E-state index contributed by atoms with van der Waals surface area (Å²) < 4.78 is 15.1. The minimum atomic E-state index is -0.417. The minimum Gasteiger partial charge on any atom is -0.391 e. The molecule has 3 aliphatic heterocycles. The number of imidazole rings is 5. The number of likely N-dealkylation sites (tertiary alicyclic amines) is 2. The molecule has 4 amide bonds. The van der Waals surface area contributed by atoms with Crippen LogP contribution in [0.1, 0.15) is 59.8 Å². The second-order valence-corrected chi connectivity index (χ2v) is 30.4. The number of rotatable bonds is 12. The van der Waals surface area contributed by atoms with Crippen LogP contribution in [0.25, 0.3) is 89.3 Å². The molecule has 0 spiro atoms. The van der Waals surface area contributed by atoms with Crippen LogP contribution < -0.4 is 5.32 Å². The molecule has 3 aliphatic rings. The van der Waals surface area contributed by atoms with Gasteiger partial charge in [-0.25, -0.2) is 24.9 Å². The SMILES string of the molecule is C=C(c1ccc2c(c1)ncn2-c1cccc(Cl)c1)N(C)C.O=C(Nc1ccccc1)c1ccc2c(c1)ncn2-c1cccc(Cl)c1.O=C(c1ccc2c(c1)ncn2-c1cccc(Cl)c1)N1CCC(O)C1.O=C(c1ccc2c(c1)ncn2-c1cccc(Cl)c1)N1CCOCC1.O=C1CCN(C(=O)c2ccc3c(c2)ncn3-c2cccc(Cl)c2)C1. The average molecular weight is 1670 g/mol. The number of aliphatic hydroxyl groups excluding tert-OH is 1. The number of ketones is 1. The number of hydrogen-bond donors (Lipinski definition) is 2. The second-order valence-electron chi connectivity index (χ2n) is 28.3. The molecule has 11 aromatic carbocycles. The first-order valence-corrected chi connectivity index (χ1v) is 39.6. The van der Waals surface area contributed by atoms with Gasteiger partial charge < -0.3 is 34.8 Å². The molecule has 0 radical (unpaired) electrons. The molecule has 8 heterocycles. The Hall–Kier alpha value is -12.8. The molecule has 22 nitrogen and oxygen atoms in total. The van der Waals surface area contributed by atoms with Gasteiger partial charge in [0.05, 0.1) is 81.0 Å². The Morgan fingerprint density at radius 3 is 1.08 bits per heavy atom. The van der Waals surface area contributed by atoms with E-state index >= 15 is 0 Å². The number of para-hydroxylation sites is 1. The van der Waals surface area contributed by atoms with Gasteiger partial charge in [0, 0.05) is 140 Å². The first kappa shape index (κ1) is 80.4. The van der Waals surface area contributed by atoms with Crippen LogP contribution in [0.5, 0.6) is 0 Å². The lowest BCUT2D eigenvalue weighted by Gasteiger charge is -2.26. The zero-order chi connectivity index (χ0) is 82.1. The van der Waals surface area contributed by atoms with E-state index in [0.717, 1.165) is 101 Å². The van der Waals surface area contributed by atoms with Crippen LogP contribution in [0, 0.1) is 0 Å². The van der Waals surface area contributed by atoms with Gasteiger partial charge >= 0.3 is 0 Å². The third-order valence-corrected chi connectivity index (χ3v) is 21.3. The summed E-state index contributed by atoms with van der Waals surface area (Å²) in [6.45, 7) is 8.22. The third kappa shape index (κ3) is 18.5. The van der Waals surface area contributed by atoms with E-state index in [1.54, 1.807) is 71.5 Å². The lowest BCUT2D eigenvalue weighted by atomic mass is 10.1. The van der Waals surface area contributed by atoms with Gasteiger partial charge in [0.25, 0.3) is 23.6 Å². The molecule has 1 unspecified atom stereocenters. The highest BCUT2D eigenvalue weighted by Crippen LogP contribution is 2.31. The summed E-state index contributed by atoms with van der Waals surface area (Å²) in [4.78, 5) is 90.6. The van der Waals surface area contributed by atoms with Crippen molar-refractivity contribution in [3.63, 3.8) is 0 Å². The van der Waals surface area contributed by atoms with E-state index in [0.29, 0.717) is 106 Å². The Bertz CT molecular complexity index is 6310. The van der Waals surface area contributed by atoms with Gasteiger partial charge in [-0.1, -0.05) is 119 Å². The van der Waals surface area contributed by atoms with Crippen LogP contribution in [0.3, 0.4) is 0 Å². The number of nitrogens with one attached hydrogen (secondary N) is 1. The largest absolute Gasteiger partial charge is 0.391 e. The zero-order valence-electron chi connectivity index (χ0n) is 63.9. The fourth-order valence-electron chi connectivity index (χ4n) is 14.0. The van der Waals surface area contributed by atoms with Crippen LogP contribution in [0.15, 0.2) is 281 Å². The van der Waals surface area contributed by atoms with Gasteiger partial charge in [0.1, 0.15) is 31.6 Å². The molecule has 16 aromatic rings. The monoisotopic (exact) mass is 1670 g/mol. The molecule has 3 fully saturated rings. The molecule has 1 atom stereocenters. The number of morpholine rings is 1. The minimum absolute atomic E-state index is 0.0255. The van der Waals surface area contributed by atoms with Crippen LogP contribution in [0.2, 0.25) is 25.1 Å². The zero-order valence-corrected chi connectivity index (χ0v) is 67.7. The summed E-state index contributed by atoms with van der Waals surface area (Å²) >= 11 is 30.3. The Morgan fingerprint density at radius 1 is 0.407 bits per heavy atom. The number of Topliss-reactive ketones (excluding diaryl/α,β-unsaturated/α-hetero) is 1. The van der Waals surface area contributed by atoms with Crippen molar-refractivity contribution in [2.75, 3.05) is 71.9 Å². The van der Waals surface area contributed by atoms with Crippen LogP contribution in [-0.2, 0) is 9.53 Å². The van der Waals surface area contributed by atoms with Gasteiger partial charge in [-0.3, -0.25) is 46.8 Å². The predicted octanol–water partition coefficient (Wildman–Crippen LogP) is 18.3. The maximum Gasteiger partial charge on any atom is 0.255 e. The fourth-order valence-corrected chi connectivity index (χ4v) is 14.9. The molecule has 19 rings (SSSR count). The summed E-state index contributed by atoms with van der Waals surface area (Å²) in [5.41, 5.74) is 18.5. The lowest BCUT2D eigenvalue weighted by molar-refractivity contribution is -0.116. The topological polar surface area (TPSA) is 229 Å². The molecule has 0 aliphatic carbocycles. The predicted molar refractivity (Wildman–Crippen MR) is 466 cm³/mol. The van der Waals surface area contributed by atoms with E-state index < -0.39 is 6.10 Å². The van der Waals surface area contributed by atoms with Crippen molar-refractivity contribution in [3.05, 3.63) is 334 Å². The van der Waals surface area contributed by atoms with Gasteiger partial charge in [-0.05, 0) is 200 Å². The van der Waals surface area contributed by atoms with Crippen molar-refractivity contribution < 1.29 is 33.8 Å². The maximum atomic E-state index is 12.6. The van der Waals surface area contributed by atoms with Crippen molar-refractivity contribution in [2.24, 2.45) is 0 Å². The number of halogens is 5. The second kappa shape index (κ2) is 36.2. The first-order chi connectivity index (χ1) is 57.2. The van der Waals surface area contributed by atoms with Crippen LogP contribution in [0.4, 0.5) is 5.69 Å². The molecule has 27 heteroatoms. The number of amides is 4. The summed E-state index contributed by atoms with van der Waals surface area (Å²) in [6, 6.07) is 75.5. The Morgan fingerprint density at radius 2 is 0.746 bits per heavy atom. The van der Waals surface area contributed by atoms with E-state index in [9.17, 15) is 29.1 Å². The first-order valence-electron chi connectivity index (χ1n) is 37.8. The Balaban J connectivity index is 0.000000115. The highest BCUT2D eigenvalue weighted by atomic mass is 35.5. The standard InChI is InChI=1S/C20H14ClN3O.2C18H16ClN3O2.C18H14ClN3O2.C17H16ClN3/c21-15-5-4-8-17(12-15)24-13-22-18-11-14(9-10-19(18)24)20(25)23-16-6-2-1-3-7-16;19-14-2-1-3-15(11-14)22-12-20-16-10-13(4-5-17(16)22)18(23)21-6-8-24-9-7-21;2*19-13-2-1-3-14(9-13)22-11-20-16-8-12(4-5-17(16)22)18(24)21-7-6-15(23)10-21;1-12(20(2)3)13-7-8-17-16(9-13)19-11-21(17)15-6-4-5-14(18)10-15/h1-13H,(H,23,25);1-5,10-12H,6-9H2;1-5,8-9,11,15,23H,6-7,10H2;1-5,8-9,11H,6-7,10H2;4-11H,1H2,2-3H3. The summed E-state index contributed by atoms with van der Waals surface area (Å²) in [7, 11) is 3.97. The molecule has 0 saturated carbocycles. The summed E-state index contributed by atoms with van der Waals surface area (Å²) in [5, 5.41) is 15.8. The van der Waals surface area contributed by atoms with E-state index in [1.807, 2.05) is 241 Å². The van der Waals surface area contributed by atoms with E-state index in [2.05, 4.69) is 55.0 Å². The number of fused-ring (bicyclic) bond motifs is 5. The van der Waals surface area contributed by atoms with E-state index in [-0.39, 0.29) is 36.0 Å². The number of aliphatic hydroxyl groups is 1. The summed E-state index contributed by atoms with van der Waals surface area (Å²) in [5.74, 6) is -0.219. The summed E-state index contributed by atoms with van der Waals surface area (Å²) in [6.07, 6.45) is 9.40. The smallest absolute Gasteiger partial charge is 0.255 e. The molecule has 3 saturated heterocycles. The number of carbonyl (C=O) groups excluding carboxylic acids is 5. The lowest BCUT2D eigenvalue weighted by Crippen LogP contribution is -2.40. The maximum absolute atomic E-state index is 12.6. The normalized spacial score (nSPS) is 13.8. The quantitative estimate of drug-likeness (QED) is 0.116. The number of hydrogen-bond acceptors (Lipinski definition) is 13. The van der Waals surface area contributed by atoms with Crippen LogP contribution >= 0.6 is 58.0 Å². The van der Waals surface area contributed by atoms with E-state index in [1.165, 1.54) is 0 Å². The number of β-amino-alcohol motifs (C(OH)–C–C–N with tert-alkyl or cyclic N) is 1. The van der Waals surface area contributed by atoms with Gasteiger partial charge in [0.15, 0.2) is 5.78 Å². The van der Waals surface area contributed by atoms with Crippen molar-refractivity contribution in [1.82, 2.24) is 67.4 Å². The molecule has 0 bridgehead atoms. The average Bonchev–Trinajstić information content (AvgIpc) is 1.66. The number of benzene rings is 11. The molecule has 2 N–H and O–H groups in total. The number of carbonyl (C=O) groups is 5. The highest BCUT2D eigenvalue weighted by molar-refractivity contribution is 6.32. The molecule has 118 heavy (non-hydrogen) atoms. The number of anilines is 1. The fraction of sp³-hybridized carbons (Fsp3) is 0.143. The Kier molecular flexibility index (Phi) is 24.7. The van der Waals surface area contributed by atoms with E-state index in [4.69, 9.17) is 62.7 Å². The van der Waals surface area contributed by atoms with Gasteiger partial charge in [-0.2, -0.15) is 0 Å². The van der Waals surface area contributed by atoms with Crippen molar-refractivity contribution in [3.8, 4) is 28.4 Å². The van der Waals surface area contributed by atoms with Crippen molar-refractivity contribution in [2.45, 2.75) is 18.9 Å². The molecular formula is C91H76Cl5N15O7. The van der Waals surface area contributed by atoms with Crippen LogP contribution in [-0.4, -0.2) is 175 Å². The highest BCUT2D eigenvalue weighted by Gasteiger charge is 2.28. The molecule has 5 aromatic heterocycles. The number of nitrogens with zero attached hydrogens (tertiary/aromatic N) is 14. The van der Waals surface area contributed by atoms with Gasteiger partial charge in [-0.15, -0.1) is 0 Å². The van der Waals surface area contributed by atoms with Crippen molar-refractivity contribution >= 4 is 154 Å². The number of aromatic nitrogens is 10. The van der Waals surface area contributed by atoms with Gasteiger partial charge in [0.2, 0.25) is 0 Å². The molecule has 592 valence electrons. The Labute approximate surface area is 703 Å².